The predicted octanol–water partition coefficient (Wildman–Crippen LogP) is 2.98. The second-order valence-corrected chi connectivity index (χ2v) is 4.71. The maximum absolute atomic E-state index is 9.63. The van der Waals surface area contributed by atoms with Crippen LogP contribution in [0.1, 0.15) is 36.1 Å². The minimum atomic E-state index is -0.541. The zero-order valence-corrected chi connectivity index (χ0v) is 10.8. The van der Waals surface area contributed by atoms with Crippen molar-refractivity contribution < 1.29 is 5.11 Å². The topological polar surface area (TPSA) is 20.2 Å². The van der Waals surface area contributed by atoms with E-state index in [4.69, 9.17) is 0 Å². The van der Waals surface area contributed by atoms with Gasteiger partial charge in [-0.1, -0.05) is 31.8 Å². The number of hydrogen-bond donors (Lipinski definition) is 1. The van der Waals surface area contributed by atoms with E-state index in [9.17, 15) is 5.11 Å². The molecule has 1 nitrogen and oxygen atoms in total. The van der Waals surface area contributed by atoms with Crippen molar-refractivity contribution in [3.63, 3.8) is 0 Å². The quantitative estimate of drug-likeness (QED) is 0.716. The van der Waals surface area contributed by atoms with Crippen molar-refractivity contribution in [2.75, 3.05) is 0 Å². The molecular formula is C15H20O. The van der Waals surface area contributed by atoms with E-state index >= 15 is 0 Å². The van der Waals surface area contributed by atoms with E-state index in [0.29, 0.717) is 0 Å². The third-order valence-corrected chi connectivity index (χ3v) is 2.83. The monoisotopic (exact) mass is 216 g/mol. The summed E-state index contributed by atoms with van der Waals surface area (Å²) in [6, 6.07) is 4.23. The summed E-state index contributed by atoms with van der Waals surface area (Å²) in [6.07, 6.45) is -0.541. The molecule has 1 aromatic carbocycles. The first-order valence-electron chi connectivity index (χ1n) is 5.69. The van der Waals surface area contributed by atoms with Crippen LogP contribution in [0.3, 0.4) is 0 Å². The fraction of sp³-hybridized carbons (Fsp3) is 0.467. The van der Waals surface area contributed by atoms with Crippen molar-refractivity contribution in [1.29, 1.82) is 0 Å². The Morgan fingerprint density at radius 2 is 1.56 bits per heavy atom. The lowest BCUT2D eigenvalue weighted by Gasteiger charge is -2.07. The lowest BCUT2D eigenvalue weighted by Crippen LogP contribution is -2.11. The van der Waals surface area contributed by atoms with E-state index < -0.39 is 6.10 Å². The highest BCUT2D eigenvalue weighted by molar-refractivity contribution is 5.46. The van der Waals surface area contributed by atoms with Crippen molar-refractivity contribution in [2.45, 2.75) is 40.7 Å². The second-order valence-electron chi connectivity index (χ2n) is 4.71. The highest BCUT2D eigenvalue weighted by atomic mass is 16.3. The fourth-order valence-electron chi connectivity index (χ4n) is 1.41. The van der Waals surface area contributed by atoms with Gasteiger partial charge in [0.15, 0.2) is 0 Å². The summed E-state index contributed by atoms with van der Waals surface area (Å²) in [6.45, 7) is 10.2. The Bertz CT molecular complexity index is 433. The van der Waals surface area contributed by atoms with Crippen molar-refractivity contribution in [1.82, 2.24) is 0 Å². The van der Waals surface area contributed by atoms with Crippen molar-refractivity contribution in [3.8, 4) is 11.8 Å². The van der Waals surface area contributed by atoms with Crippen molar-refractivity contribution in [3.05, 3.63) is 34.4 Å². The van der Waals surface area contributed by atoms with Crippen LogP contribution >= 0.6 is 0 Å². The molecular weight excluding hydrogens is 196 g/mol. The lowest BCUT2D eigenvalue weighted by atomic mass is 10.0. The molecule has 0 aromatic heterocycles. The number of aliphatic hydroxyl groups is 1. The highest BCUT2D eigenvalue weighted by Gasteiger charge is 2.04. The summed E-state index contributed by atoms with van der Waals surface area (Å²) in [5.41, 5.74) is 4.72. The van der Waals surface area contributed by atoms with Gasteiger partial charge in [-0.25, -0.2) is 0 Å². The first-order chi connectivity index (χ1) is 7.41. The first kappa shape index (κ1) is 12.8. The minimum absolute atomic E-state index is 0.180. The van der Waals surface area contributed by atoms with Gasteiger partial charge in [0.05, 0.1) is 0 Å². The van der Waals surface area contributed by atoms with Gasteiger partial charge in [0.2, 0.25) is 0 Å². The standard InChI is InChI=1S/C15H20O/c1-10(2)15(16)7-6-14-9-12(4)11(3)8-13(14)5/h8-10,15-16H,1-5H3. The Hall–Kier alpha value is -1.26. The summed E-state index contributed by atoms with van der Waals surface area (Å²) in [5.74, 6) is 6.13. The molecule has 16 heavy (non-hydrogen) atoms. The van der Waals surface area contributed by atoms with E-state index in [1.54, 1.807) is 0 Å². The number of aryl methyl sites for hydroxylation is 3. The molecule has 1 atom stereocenters. The zero-order valence-electron chi connectivity index (χ0n) is 10.8. The number of aliphatic hydroxyl groups excluding tert-OH is 1. The summed E-state index contributed by atoms with van der Waals surface area (Å²) >= 11 is 0. The van der Waals surface area contributed by atoms with Crippen molar-refractivity contribution in [2.24, 2.45) is 5.92 Å². The van der Waals surface area contributed by atoms with E-state index in [1.807, 2.05) is 13.8 Å². The predicted molar refractivity (Wildman–Crippen MR) is 68.4 cm³/mol. The SMILES string of the molecule is Cc1cc(C)c(C#CC(O)C(C)C)cc1C. The average Bonchev–Trinajstić information content (AvgIpc) is 2.20. The van der Waals surface area contributed by atoms with E-state index in [-0.39, 0.29) is 5.92 Å². The zero-order chi connectivity index (χ0) is 12.3. The normalized spacial score (nSPS) is 12.2. The van der Waals surface area contributed by atoms with Crippen LogP contribution in [-0.2, 0) is 0 Å². The molecule has 86 valence electrons. The van der Waals surface area contributed by atoms with Gasteiger partial charge in [-0.05, 0) is 49.4 Å². The van der Waals surface area contributed by atoms with Crippen molar-refractivity contribution >= 4 is 0 Å². The molecule has 0 bridgehead atoms. The molecule has 0 saturated carbocycles. The molecule has 1 aromatic rings. The van der Waals surface area contributed by atoms with E-state index in [2.05, 4.69) is 44.7 Å². The number of benzene rings is 1. The third kappa shape index (κ3) is 3.12. The van der Waals surface area contributed by atoms with Gasteiger partial charge >= 0.3 is 0 Å². The van der Waals surface area contributed by atoms with Gasteiger partial charge in [-0.2, -0.15) is 0 Å². The Morgan fingerprint density at radius 1 is 1.00 bits per heavy atom. The minimum Gasteiger partial charge on any atom is -0.380 e. The van der Waals surface area contributed by atoms with Crippen LogP contribution in [0.4, 0.5) is 0 Å². The molecule has 1 unspecified atom stereocenters. The van der Waals surface area contributed by atoms with Crippen LogP contribution in [0.5, 0.6) is 0 Å². The summed E-state index contributed by atoms with van der Waals surface area (Å²) < 4.78 is 0. The summed E-state index contributed by atoms with van der Waals surface area (Å²) in [7, 11) is 0. The fourth-order valence-corrected chi connectivity index (χ4v) is 1.41. The van der Waals surface area contributed by atoms with Crippen LogP contribution in [-0.4, -0.2) is 11.2 Å². The molecule has 0 heterocycles. The van der Waals surface area contributed by atoms with Crippen LogP contribution < -0.4 is 0 Å². The van der Waals surface area contributed by atoms with Gasteiger partial charge in [0, 0.05) is 5.56 Å². The summed E-state index contributed by atoms with van der Waals surface area (Å²) in [4.78, 5) is 0. The summed E-state index contributed by atoms with van der Waals surface area (Å²) in [5, 5.41) is 9.63. The molecule has 0 aliphatic heterocycles. The molecule has 1 heteroatoms. The molecule has 1 rings (SSSR count). The van der Waals surface area contributed by atoms with Crippen LogP contribution in [0.15, 0.2) is 12.1 Å². The van der Waals surface area contributed by atoms with Gasteiger partial charge in [-0.15, -0.1) is 0 Å². The molecule has 0 amide bonds. The highest BCUT2D eigenvalue weighted by Crippen LogP contribution is 2.14. The van der Waals surface area contributed by atoms with Gasteiger partial charge in [-0.3, -0.25) is 0 Å². The van der Waals surface area contributed by atoms with Gasteiger partial charge in [0.1, 0.15) is 6.10 Å². The van der Waals surface area contributed by atoms with Crippen LogP contribution in [0.25, 0.3) is 0 Å². The third-order valence-electron chi connectivity index (χ3n) is 2.83. The largest absolute Gasteiger partial charge is 0.380 e. The number of rotatable bonds is 1. The Kier molecular flexibility index (Phi) is 4.15. The molecule has 0 aliphatic carbocycles. The maximum atomic E-state index is 9.63. The molecule has 0 aliphatic rings. The van der Waals surface area contributed by atoms with E-state index in [1.165, 1.54) is 16.7 Å². The smallest absolute Gasteiger partial charge is 0.117 e. The Morgan fingerprint density at radius 3 is 2.12 bits per heavy atom. The molecule has 0 saturated heterocycles. The van der Waals surface area contributed by atoms with E-state index in [0.717, 1.165) is 5.56 Å². The second kappa shape index (κ2) is 5.18. The molecule has 1 N–H and O–H groups in total. The van der Waals surface area contributed by atoms with Crippen LogP contribution in [0, 0.1) is 38.5 Å². The Balaban J connectivity index is 3.02. The number of hydrogen-bond acceptors (Lipinski definition) is 1. The van der Waals surface area contributed by atoms with Gasteiger partial charge in [0.25, 0.3) is 0 Å². The molecule has 0 fully saturated rings. The maximum Gasteiger partial charge on any atom is 0.117 e. The lowest BCUT2D eigenvalue weighted by molar-refractivity contribution is 0.181. The van der Waals surface area contributed by atoms with Gasteiger partial charge < -0.3 is 5.11 Å². The average molecular weight is 216 g/mol. The first-order valence-corrected chi connectivity index (χ1v) is 5.69. The Labute approximate surface area is 98.5 Å². The molecule has 0 spiro atoms. The molecule has 0 radical (unpaired) electrons. The van der Waals surface area contributed by atoms with Crippen LogP contribution in [0.2, 0.25) is 0 Å².